The minimum atomic E-state index is -1.00. The smallest absolute Gasteiger partial charge is 0.335 e. The average molecular weight is 256 g/mol. The fraction of sp³-hybridized carbons (Fsp3) is 0.417. The molecule has 1 fully saturated rings. The lowest BCUT2D eigenvalue weighted by molar-refractivity contribution is 0.0697. The first kappa shape index (κ1) is 12.2. The zero-order valence-electron chi connectivity index (χ0n) is 9.24. The van der Waals surface area contributed by atoms with Crippen LogP contribution in [0.4, 0.5) is 5.69 Å². The Bertz CT molecular complexity index is 438. The quantitative estimate of drug-likeness (QED) is 0.773. The van der Waals surface area contributed by atoms with E-state index in [1.165, 1.54) is 12.1 Å². The molecule has 0 aliphatic heterocycles. The van der Waals surface area contributed by atoms with Gasteiger partial charge in [-0.05, 0) is 37.5 Å². The maximum absolute atomic E-state index is 10.8. The number of nitrogens with one attached hydrogen (secondary N) is 1. The standard InChI is InChI=1S/C12H14ClNO3/c13-9-6-8(11(16)17)2-3-10(9)14-12(7-15)4-1-5-12/h2-3,6,14-15H,1,4-5,7H2,(H,16,17). The predicted octanol–water partition coefficient (Wildman–Crippen LogP) is 2.37. The van der Waals surface area contributed by atoms with Gasteiger partial charge in [0.05, 0.1) is 28.4 Å². The van der Waals surface area contributed by atoms with Crippen LogP contribution in [-0.2, 0) is 0 Å². The molecule has 0 radical (unpaired) electrons. The van der Waals surface area contributed by atoms with Gasteiger partial charge in [-0.2, -0.15) is 0 Å². The van der Waals surface area contributed by atoms with Crippen molar-refractivity contribution in [1.82, 2.24) is 0 Å². The van der Waals surface area contributed by atoms with Gasteiger partial charge in [0, 0.05) is 0 Å². The molecule has 1 saturated carbocycles. The molecule has 0 atom stereocenters. The number of aliphatic hydroxyl groups is 1. The lowest BCUT2D eigenvalue weighted by atomic mass is 9.77. The van der Waals surface area contributed by atoms with E-state index in [4.69, 9.17) is 16.7 Å². The zero-order chi connectivity index (χ0) is 12.5. The van der Waals surface area contributed by atoms with Crippen LogP contribution in [0.2, 0.25) is 5.02 Å². The van der Waals surface area contributed by atoms with Gasteiger partial charge in [0.25, 0.3) is 0 Å². The summed E-state index contributed by atoms with van der Waals surface area (Å²) in [5, 5.41) is 21.7. The fourth-order valence-corrected chi connectivity index (χ4v) is 2.19. The molecule has 4 nitrogen and oxygen atoms in total. The van der Waals surface area contributed by atoms with Gasteiger partial charge in [0.1, 0.15) is 0 Å². The van der Waals surface area contributed by atoms with E-state index >= 15 is 0 Å². The Hall–Kier alpha value is -1.26. The van der Waals surface area contributed by atoms with Gasteiger partial charge in [-0.25, -0.2) is 4.79 Å². The average Bonchev–Trinajstić information content (AvgIpc) is 2.25. The molecule has 5 heteroatoms. The Kier molecular flexibility index (Phi) is 3.26. The highest BCUT2D eigenvalue weighted by molar-refractivity contribution is 6.33. The monoisotopic (exact) mass is 255 g/mol. The molecule has 0 aromatic heterocycles. The number of carboxylic acid groups (broad SMARTS) is 1. The summed E-state index contributed by atoms with van der Waals surface area (Å²) in [7, 11) is 0. The summed E-state index contributed by atoms with van der Waals surface area (Å²) in [6.45, 7) is 0.0595. The van der Waals surface area contributed by atoms with E-state index in [1.54, 1.807) is 6.07 Å². The number of rotatable bonds is 4. The van der Waals surface area contributed by atoms with Crippen molar-refractivity contribution in [3.63, 3.8) is 0 Å². The number of hydrogen-bond acceptors (Lipinski definition) is 3. The Morgan fingerprint density at radius 3 is 2.59 bits per heavy atom. The minimum Gasteiger partial charge on any atom is -0.478 e. The Balaban J connectivity index is 2.19. The summed E-state index contributed by atoms with van der Waals surface area (Å²) in [5.41, 5.74) is 0.548. The van der Waals surface area contributed by atoms with Crippen molar-refractivity contribution in [1.29, 1.82) is 0 Å². The molecule has 1 aromatic carbocycles. The number of benzene rings is 1. The first-order valence-corrected chi connectivity index (χ1v) is 5.86. The van der Waals surface area contributed by atoms with Crippen LogP contribution >= 0.6 is 11.6 Å². The summed E-state index contributed by atoms with van der Waals surface area (Å²) in [4.78, 5) is 10.8. The molecule has 0 saturated heterocycles. The van der Waals surface area contributed by atoms with Gasteiger partial charge in [-0.15, -0.1) is 0 Å². The van der Waals surface area contributed by atoms with Crippen molar-refractivity contribution in [3.8, 4) is 0 Å². The van der Waals surface area contributed by atoms with Crippen molar-refractivity contribution in [3.05, 3.63) is 28.8 Å². The third kappa shape index (κ3) is 2.37. The highest BCUT2D eigenvalue weighted by atomic mass is 35.5. The predicted molar refractivity (Wildman–Crippen MR) is 65.7 cm³/mol. The van der Waals surface area contributed by atoms with Crippen LogP contribution in [-0.4, -0.2) is 28.3 Å². The normalized spacial score (nSPS) is 17.3. The molecule has 1 aromatic rings. The van der Waals surface area contributed by atoms with Crippen molar-refractivity contribution in [2.75, 3.05) is 11.9 Å². The maximum atomic E-state index is 10.8. The van der Waals surface area contributed by atoms with Crippen molar-refractivity contribution >= 4 is 23.3 Å². The SMILES string of the molecule is O=C(O)c1ccc(NC2(CO)CCC2)c(Cl)c1. The van der Waals surface area contributed by atoms with Crippen LogP contribution in [0.1, 0.15) is 29.6 Å². The number of carbonyl (C=O) groups is 1. The first-order chi connectivity index (χ1) is 8.06. The molecular formula is C12H14ClNO3. The second-order valence-corrected chi connectivity index (χ2v) is 4.82. The number of halogens is 1. The van der Waals surface area contributed by atoms with Crippen LogP contribution < -0.4 is 5.32 Å². The summed E-state index contributed by atoms with van der Waals surface area (Å²) >= 11 is 6.01. The number of carboxylic acids is 1. The minimum absolute atomic E-state index is 0.0595. The molecule has 0 bridgehead atoms. The van der Waals surface area contributed by atoms with Crippen LogP contribution in [0.5, 0.6) is 0 Å². The second-order valence-electron chi connectivity index (χ2n) is 4.42. The van der Waals surface area contributed by atoms with Crippen LogP contribution in [0, 0.1) is 0 Å². The molecule has 92 valence electrons. The van der Waals surface area contributed by atoms with Gasteiger partial charge >= 0.3 is 5.97 Å². The number of hydrogen-bond donors (Lipinski definition) is 3. The Labute approximate surface area is 104 Å². The van der Waals surface area contributed by atoms with Crippen LogP contribution in [0.25, 0.3) is 0 Å². The molecule has 0 heterocycles. The van der Waals surface area contributed by atoms with Crippen LogP contribution in [0.3, 0.4) is 0 Å². The van der Waals surface area contributed by atoms with E-state index in [0.717, 1.165) is 19.3 Å². The van der Waals surface area contributed by atoms with Gasteiger partial charge in [0.15, 0.2) is 0 Å². The molecule has 1 aliphatic rings. The summed E-state index contributed by atoms with van der Waals surface area (Å²) in [5.74, 6) is -1.00. The largest absolute Gasteiger partial charge is 0.478 e. The molecule has 3 N–H and O–H groups in total. The molecule has 2 rings (SSSR count). The molecule has 0 spiro atoms. The van der Waals surface area contributed by atoms with E-state index in [9.17, 15) is 9.90 Å². The summed E-state index contributed by atoms with van der Waals surface area (Å²) in [6.07, 6.45) is 2.89. The third-order valence-electron chi connectivity index (χ3n) is 3.23. The van der Waals surface area contributed by atoms with Gasteiger partial charge in [-0.3, -0.25) is 0 Å². The van der Waals surface area contributed by atoms with Crippen molar-refractivity contribution in [2.24, 2.45) is 0 Å². The Morgan fingerprint density at radius 1 is 1.47 bits per heavy atom. The zero-order valence-corrected chi connectivity index (χ0v) is 10.00. The molecule has 17 heavy (non-hydrogen) atoms. The first-order valence-electron chi connectivity index (χ1n) is 5.48. The number of anilines is 1. The summed E-state index contributed by atoms with van der Waals surface area (Å²) in [6, 6.07) is 4.55. The van der Waals surface area contributed by atoms with Crippen molar-refractivity contribution < 1.29 is 15.0 Å². The lowest BCUT2D eigenvalue weighted by Gasteiger charge is -2.42. The second kappa shape index (κ2) is 4.55. The lowest BCUT2D eigenvalue weighted by Crippen LogP contribution is -2.48. The van der Waals surface area contributed by atoms with E-state index in [0.29, 0.717) is 10.7 Å². The number of aliphatic hydroxyl groups excluding tert-OH is 1. The van der Waals surface area contributed by atoms with E-state index in [1.807, 2.05) is 0 Å². The summed E-state index contributed by atoms with van der Waals surface area (Å²) < 4.78 is 0. The highest BCUT2D eigenvalue weighted by Gasteiger charge is 2.36. The highest BCUT2D eigenvalue weighted by Crippen LogP contribution is 2.37. The fourth-order valence-electron chi connectivity index (χ4n) is 1.96. The van der Waals surface area contributed by atoms with E-state index < -0.39 is 5.97 Å². The van der Waals surface area contributed by atoms with E-state index in [-0.39, 0.29) is 17.7 Å². The molecule has 0 amide bonds. The van der Waals surface area contributed by atoms with Gasteiger partial charge in [0.2, 0.25) is 0 Å². The Morgan fingerprint density at radius 2 is 2.18 bits per heavy atom. The van der Waals surface area contributed by atoms with Crippen LogP contribution in [0.15, 0.2) is 18.2 Å². The maximum Gasteiger partial charge on any atom is 0.335 e. The van der Waals surface area contributed by atoms with Crippen molar-refractivity contribution in [2.45, 2.75) is 24.8 Å². The van der Waals surface area contributed by atoms with Gasteiger partial charge in [-0.1, -0.05) is 11.6 Å². The van der Waals surface area contributed by atoms with Gasteiger partial charge < -0.3 is 15.5 Å². The van der Waals surface area contributed by atoms with E-state index in [2.05, 4.69) is 5.32 Å². The number of aromatic carboxylic acids is 1. The topological polar surface area (TPSA) is 69.6 Å². The molecule has 0 unspecified atom stereocenters. The molecular weight excluding hydrogens is 242 g/mol. The third-order valence-corrected chi connectivity index (χ3v) is 3.54. The molecule has 1 aliphatic carbocycles.